The zero-order valence-electron chi connectivity index (χ0n) is 4.15. The van der Waals surface area contributed by atoms with Crippen molar-refractivity contribution >= 4 is 0 Å². The van der Waals surface area contributed by atoms with Gasteiger partial charge in [-0.05, 0) is 0 Å². The summed E-state index contributed by atoms with van der Waals surface area (Å²) in [5, 5.41) is 3.97. The highest BCUT2D eigenvalue weighted by atomic mass is 14.9. The van der Waals surface area contributed by atoms with Crippen molar-refractivity contribution in [2.24, 2.45) is 5.73 Å². The Hall–Kier alpha value is -0.0800. The minimum Gasteiger partial charge on any atom is -0.329 e. The molecule has 0 saturated heterocycles. The number of likely N-dealkylation sites (N-methyl/N-ethyl adjacent to an activating group) is 1. The summed E-state index contributed by atoms with van der Waals surface area (Å²) < 4.78 is 0. The van der Waals surface area contributed by atoms with E-state index < -0.39 is 0 Å². The Balaban J connectivity index is 2.34. The van der Waals surface area contributed by atoms with Gasteiger partial charge in [0.1, 0.15) is 0 Å². The van der Waals surface area contributed by atoms with E-state index in [0.29, 0.717) is 6.54 Å². The monoisotopic (exact) mass is 87.1 g/mol. The molecule has 0 heterocycles. The maximum atomic E-state index is 5.12. The van der Waals surface area contributed by atoms with Crippen LogP contribution in [0.1, 0.15) is 6.92 Å². The molecule has 6 heavy (non-hydrogen) atoms. The third kappa shape index (κ3) is 3.92. The van der Waals surface area contributed by atoms with E-state index in [1.807, 2.05) is 6.92 Å². The van der Waals surface area contributed by atoms with Crippen LogP contribution in [0.5, 0.6) is 0 Å². The lowest BCUT2D eigenvalue weighted by Crippen LogP contribution is -2.15. The number of hydrogen-bond acceptors (Lipinski definition) is 1. The number of rotatable bonds is 3. The van der Waals surface area contributed by atoms with Crippen LogP contribution in [-0.2, 0) is 0 Å². The summed E-state index contributed by atoms with van der Waals surface area (Å²) in [6, 6.07) is 0. The molecule has 2 nitrogen and oxygen atoms in total. The van der Waals surface area contributed by atoms with Crippen molar-refractivity contribution in [3.05, 3.63) is 0 Å². The molecule has 0 spiro atoms. The van der Waals surface area contributed by atoms with Crippen LogP contribution >= 0.6 is 0 Å². The van der Waals surface area contributed by atoms with Crippen LogP contribution in [0.25, 0.3) is 0 Å². The number of nitrogens with two attached hydrogens (primary N) is 1. The summed E-state index contributed by atoms with van der Waals surface area (Å²) in [6.45, 7) is 4.41. The van der Waals surface area contributed by atoms with Crippen molar-refractivity contribution in [2.45, 2.75) is 6.92 Å². The van der Waals surface area contributed by atoms with E-state index >= 15 is 0 Å². The Bertz CT molecular complexity index is 17.5. The summed E-state index contributed by atoms with van der Waals surface area (Å²) in [7, 11) is 0. The van der Waals surface area contributed by atoms with E-state index in [1.165, 1.54) is 0 Å². The summed E-state index contributed by atoms with van der Waals surface area (Å²) in [6.07, 6.45) is 0. The Labute approximate surface area is 38.7 Å². The topological polar surface area (TPSA) is 40.1 Å². The second-order valence-electron chi connectivity index (χ2n) is 1.05. The fraction of sp³-hybridized carbons (Fsp3) is 1.00. The van der Waals surface area contributed by atoms with Crippen LogP contribution in [0.3, 0.4) is 0 Å². The van der Waals surface area contributed by atoms with Gasteiger partial charge in [0.05, 0.1) is 0 Å². The normalized spacial score (nSPS) is 9.00. The highest BCUT2D eigenvalue weighted by Gasteiger charge is 1.73. The highest BCUT2D eigenvalue weighted by Crippen LogP contribution is 1.53. The van der Waals surface area contributed by atoms with Gasteiger partial charge in [0.15, 0.2) is 0 Å². The van der Waals surface area contributed by atoms with Crippen molar-refractivity contribution in [3.8, 4) is 0 Å². The van der Waals surface area contributed by atoms with Crippen molar-refractivity contribution in [2.75, 3.05) is 19.6 Å². The lowest BCUT2D eigenvalue weighted by atomic mass is 10.6. The van der Waals surface area contributed by atoms with Gasteiger partial charge in [-0.15, -0.1) is 0 Å². The molecule has 0 aromatic heterocycles. The molecule has 0 aromatic rings. The zero-order chi connectivity index (χ0) is 4.83. The fourth-order valence-electron chi connectivity index (χ4n) is 0.249. The van der Waals surface area contributed by atoms with Gasteiger partial charge in [-0.25, -0.2) is 5.32 Å². The van der Waals surface area contributed by atoms with E-state index in [0.717, 1.165) is 13.1 Å². The molecule has 0 atom stereocenters. The molecule has 0 amide bonds. The molecule has 0 unspecified atom stereocenters. The van der Waals surface area contributed by atoms with E-state index in [4.69, 9.17) is 5.73 Å². The fourth-order valence-corrected chi connectivity index (χ4v) is 0.249. The molecule has 1 radical (unpaired) electrons. The van der Waals surface area contributed by atoms with Crippen LogP contribution in [0.15, 0.2) is 0 Å². The van der Waals surface area contributed by atoms with Gasteiger partial charge in [-0.3, -0.25) is 0 Å². The molecule has 0 aliphatic heterocycles. The number of nitrogens with zero attached hydrogens (tertiary/aromatic N) is 1. The van der Waals surface area contributed by atoms with Gasteiger partial charge >= 0.3 is 0 Å². The molecule has 0 saturated carbocycles. The largest absolute Gasteiger partial charge is 0.329 e. The second-order valence-corrected chi connectivity index (χ2v) is 1.05. The molecule has 0 aromatic carbocycles. The summed E-state index contributed by atoms with van der Waals surface area (Å²) in [4.78, 5) is 0. The molecule has 0 aliphatic rings. The number of hydrogen-bond donors (Lipinski definition) is 1. The SMILES string of the molecule is CC[N]CCN. The maximum absolute atomic E-state index is 5.12. The Morgan fingerprint density at radius 3 is 2.50 bits per heavy atom. The molecule has 37 valence electrons. The molecule has 0 rings (SSSR count). The van der Waals surface area contributed by atoms with Crippen molar-refractivity contribution in [1.29, 1.82) is 0 Å². The maximum Gasteiger partial charge on any atom is 0.0256 e. The predicted molar refractivity (Wildman–Crippen MR) is 26.6 cm³/mol. The van der Waals surface area contributed by atoms with E-state index in [1.54, 1.807) is 0 Å². The first kappa shape index (κ1) is 5.92. The average molecular weight is 87.1 g/mol. The zero-order valence-corrected chi connectivity index (χ0v) is 4.15. The van der Waals surface area contributed by atoms with Crippen LogP contribution in [0.4, 0.5) is 0 Å². The Morgan fingerprint density at radius 1 is 1.67 bits per heavy atom. The quantitative estimate of drug-likeness (QED) is 0.466. The van der Waals surface area contributed by atoms with Crippen LogP contribution in [-0.4, -0.2) is 19.6 Å². The van der Waals surface area contributed by atoms with Gasteiger partial charge in [0, 0.05) is 19.6 Å². The molecule has 2 N–H and O–H groups in total. The molecule has 0 fully saturated rings. The second kappa shape index (κ2) is 4.92. The smallest absolute Gasteiger partial charge is 0.0256 e. The molecule has 0 bridgehead atoms. The first-order valence-corrected chi connectivity index (χ1v) is 2.25. The van der Waals surface area contributed by atoms with E-state index in [2.05, 4.69) is 5.32 Å². The van der Waals surface area contributed by atoms with Crippen LogP contribution in [0.2, 0.25) is 0 Å². The van der Waals surface area contributed by atoms with Gasteiger partial charge in [-0.1, -0.05) is 6.92 Å². The van der Waals surface area contributed by atoms with Crippen molar-refractivity contribution < 1.29 is 0 Å². The molecular formula is C4H11N2. The third-order valence-corrected chi connectivity index (χ3v) is 0.511. The molecular weight excluding hydrogens is 76.1 g/mol. The third-order valence-electron chi connectivity index (χ3n) is 0.511. The first-order valence-electron chi connectivity index (χ1n) is 2.25. The van der Waals surface area contributed by atoms with Gasteiger partial charge in [-0.2, -0.15) is 0 Å². The summed E-state index contributed by atoms with van der Waals surface area (Å²) >= 11 is 0. The molecule has 0 aliphatic carbocycles. The summed E-state index contributed by atoms with van der Waals surface area (Å²) in [5.74, 6) is 0. The molecule has 2 heteroatoms. The lowest BCUT2D eigenvalue weighted by molar-refractivity contribution is 0.710. The lowest BCUT2D eigenvalue weighted by Gasteiger charge is -1.88. The van der Waals surface area contributed by atoms with Crippen LogP contribution < -0.4 is 11.1 Å². The highest BCUT2D eigenvalue weighted by molar-refractivity contribution is 4.38. The van der Waals surface area contributed by atoms with Gasteiger partial charge < -0.3 is 5.73 Å². The van der Waals surface area contributed by atoms with E-state index in [9.17, 15) is 0 Å². The first-order chi connectivity index (χ1) is 2.91. The summed E-state index contributed by atoms with van der Waals surface area (Å²) in [5.41, 5.74) is 5.12. The predicted octanol–water partition coefficient (Wildman–Crippen LogP) is -0.431. The Kier molecular flexibility index (Phi) is 4.85. The Morgan fingerprint density at radius 2 is 2.33 bits per heavy atom. The van der Waals surface area contributed by atoms with Gasteiger partial charge in [0.2, 0.25) is 0 Å². The van der Waals surface area contributed by atoms with Crippen molar-refractivity contribution in [3.63, 3.8) is 0 Å². The van der Waals surface area contributed by atoms with Gasteiger partial charge in [0.25, 0.3) is 0 Å². The van der Waals surface area contributed by atoms with Crippen LogP contribution in [0, 0.1) is 0 Å². The van der Waals surface area contributed by atoms with E-state index in [-0.39, 0.29) is 0 Å². The average Bonchev–Trinajstić information content (AvgIpc) is 1.61. The van der Waals surface area contributed by atoms with Crippen molar-refractivity contribution in [1.82, 2.24) is 5.32 Å². The minimum atomic E-state index is 0.688. The minimum absolute atomic E-state index is 0.688. The standard InChI is InChI=1S/C4H11N2/c1-2-6-4-3-5/h2-5H2,1H3.